The lowest BCUT2D eigenvalue weighted by molar-refractivity contribution is 0.692. The van der Waals surface area contributed by atoms with Gasteiger partial charge in [-0.05, 0) is 25.1 Å². The van der Waals surface area contributed by atoms with Gasteiger partial charge in [-0.1, -0.05) is 29.4 Å². The van der Waals surface area contributed by atoms with Crippen molar-refractivity contribution in [1.82, 2.24) is 14.8 Å². The normalized spacial score (nSPS) is 10.6. The molecule has 0 N–H and O–H groups in total. The first-order valence-corrected chi connectivity index (χ1v) is 5.65. The highest BCUT2D eigenvalue weighted by Crippen LogP contribution is 2.26. The smallest absolute Gasteiger partial charge is 0.130 e. The number of hydrogen-bond donors (Lipinski definition) is 0. The van der Waals surface area contributed by atoms with Crippen molar-refractivity contribution in [3.05, 3.63) is 35.1 Å². The molecule has 0 fully saturated rings. The van der Waals surface area contributed by atoms with Gasteiger partial charge < -0.3 is 0 Å². The standard InChI is InChI=1S/C10H10ClN3S/c1-7-6-10(14(2)13-7)15-9-5-3-4-8(11)12-9/h3-6H,1-2H3. The fraction of sp³-hybridized carbons (Fsp3) is 0.200. The Kier molecular flexibility index (Phi) is 2.98. The quantitative estimate of drug-likeness (QED) is 0.755. The molecule has 0 atom stereocenters. The summed E-state index contributed by atoms with van der Waals surface area (Å²) < 4.78 is 1.84. The molecule has 0 saturated heterocycles. The summed E-state index contributed by atoms with van der Waals surface area (Å²) in [6.45, 7) is 1.97. The summed E-state index contributed by atoms with van der Waals surface area (Å²) in [6.07, 6.45) is 0. The third kappa shape index (κ3) is 2.52. The van der Waals surface area contributed by atoms with Crippen LogP contribution in [0.3, 0.4) is 0 Å². The van der Waals surface area contributed by atoms with Crippen LogP contribution in [0.15, 0.2) is 34.3 Å². The van der Waals surface area contributed by atoms with Crippen LogP contribution in [0.2, 0.25) is 5.15 Å². The monoisotopic (exact) mass is 239 g/mol. The molecule has 0 aliphatic carbocycles. The highest BCUT2D eigenvalue weighted by molar-refractivity contribution is 7.99. The van der Waals surface area contributed by atoms with E-state index in [-0.39, 0.29) is 0 Å². The van der Waals surface area contributed by atoms with Crippen molar-refractivity contribution in [2.75, 3.05) is 0 Å². The zero-order chi connectivity index (χ0) is 10.8. The minimum Gasteiger partial charge on any atom is -0.261 e. The van der Waals surface area contributed by atoms with Crippen LogP contribution in [0.25, 0.3) is 0 Å². The fourth-order valence-electron chi connectivity index (χ4n) is 1.24. The molecule has 0 aliphatic heterocycles. The Morgan fingerprint density at radius 1 is 1.40 bits per heavy atom. The molecule has 78 valence electrons. The molecular weight excluding hydrogens is 230 g/mol. The van der Waals surface area contributed by atoms with E-state index in [4.69, 9.17) is 11.6 Å². The van der Waals surface area contributed by atoms with Gasteiger partial charge in [-0.25, -0.2) is 4.98 Å². The van der Waals surface area contributed by atoms with E-state index in [2.05, 4.69) is 10.1 Å². The zero-order valence-corrected chi connectivity index (χ0v) is 10.0. The average molecular weight is 240 g/mol. The van der Waals surface area contributed by atoms with E-state index in [9.17, 15) is 0 Å². The van der Waals surface area contributed by atoms with Gasteiger partial charge in [0.25, 0.3) is 0 Å². The predicted octanol–water partition coefficient (Wildman–Crippen LogP) is 2.93. The van der Waals surface area contributed by atoms with Crippen LogP contribution in [-0.4, -0.2) is 14.8 Å². The Labute approximate surface area is 97.5 Å². The molecule has 2 aromatic rings. The first-order chi connectivity index (χ1) is 7.15. The summed E-state index contributed by atoms with van der Waals surface area (Å²) in [4.78, 5) is 4.21. The van der Waals surface area contributed by atoms with Crippen LogP contribution < -0.4 is 0 Å². The largest absolute Gasteiger partial charge is 0.261 e. The van der Waals surface area contributed by atoms with E-state index in [0.29, 0.717) is 5.15 Å². The second-order valence-electron chi connectivity index (χ2n) is 3.15. The highest BCUT2D eigenvalue weighted by Gasteiger charge is 2.05. The Morgan fingerprint density at radius 3 is 2.80 bits per heavy atom. The summed E-state index contributed by atoms with van der Waals surface area (Å²) >= 11 is 7.36. The molecule has 5 heteroatoms. The van der Waals surface area contributed by atoms with Crippen molar-refractivity contribution in [1.29, 1.82) is 0 Å². The Hall–Kier alpha value is -1.00. The Morgan fingerprint density at radius 2 is 2.20 bits per heavy atom. The van der Waals surface area contributed by atoms with Gasteiger partial charge in [-0.2, -0.15) is 5.10 Å². The summed E-state index contributed by atoms with van der Waals surface area (Å²) in [5, 5.41) is 6.72. The second kappa shape index (κ2) is 4.24. The van der Waals surface area contributed by atoms with Gasteiger partial charge in [0.1, 0.15) is 15.2 Å². The minimum absolute atomic E-state index is 0.513. The molecule has 0 unspecified atom stereocenters. The number of pyridine rings is 1. The van der Waals surface area contributed by atoms with Gasteiger partial charge in [0, 0.05) is 7.05 Å². The summed E-state index contributed by atoms with van der Waals surface area (Å²) in [5.74, 6) is 0. The van der Waals surface area contributed by atoms with Gasteiger partial charge >= 0.3 is 0 Å². The van der Waals surface area contributed by atoms with Crippen molar-refractivity contribution in [3.63, 3.8) is 0 Å². The molecule has 3 nitrogen and oxygen atoms in total. The zero-order valence-electron chi connectivity index (χ0n) is 8.44. The van der Waals surface area contributed by atoms with E-state index < -0.39 is 0 Å². The van der Waals surface area contributed by atoms with Crippen molar-refractivity contribution in [3.8, 4) is 0 Å². The van der Waals surface area contributed by atoms with Crippen LogP contribution in [0.1, 0.15) is 5.69 Å². The summed E-state index contributed by atoms with van der Waals surface area (Å²) in [7, 11) is 1.92. The summed E-state index contributed by atoms with van der Waals surface area (Å²) in [5.41, 5.74) is 1.00. The molecule has 0 spiro atoms. The van der Waals surface area contributed by atoms with Crippen LogP contribution in [0, 0.1) is 6.92 Å². The van der Waals surface area contributed by atoms with E-state index in [1.165, 1.54) is 0 Å². The van der Waals surface area contributed by atoms with E-state index in [0.717, 1.165) is 15.7 Å². The second-order valence-corrected chi connectivity index (χ2v) is 4.58. The van der Waals surface area contributed by atoms with Crippen molar-refractivity contribution >= 4 is 23.4 Å². The summed E-state index contributed by atoms with van der Waals surface area (Å²) in [6, 6.07) is 7.60. The lowest BCUT2D eigenvalue weighted by Crippen LogP contribution is -1.92. The maximum atomic E-state index is 5.81. The number of hydrogen-bond acceptors (Lipinski definition) is 3. The molecule has 15 heavy (non-hydrogen) atoms. The first-order valence-electron chi connectivity index (χ1n) is 4.46. The Bertz CT molecular complexity index is 481. The number of aromatic nitrogens is 3. The van der Waals surface area contributed by atoms with Gasteiger partial charge in [0.15, 0.2) is 0 Å². The molecule has 0 radical (unpaired) electrons. The van der Waals surface area contributed by atoms with Crippen molar-refractivity contribution < 1.29 is 0 Å². The molecule has 0 aliphatic rings. The van der Waals surface area contributed by atoms with Crippen molar-refractivity contribution in [2.45, 2.75) is 17.0 Å². The average Bonchev–Trinajstić information content (AvgIpc) is 2.45. The molecule has 0 aromatic carbocycles. The van der Waals surface area contributed by atoms with Gasteiger partial charge in [-0.15, -0.1) is 0 Å². The third-order valence-corrected chi connectivity index (χ3v) is 3.10. The van der Waals surface area contributed by atoms with Crippen LogP contribution >= 0.6 is 23.4 Å². The molecular formula is C10H10ClN3S. The SMILES string of the molecule is Cc1cc(Sc2cccc(Cl)n2)n(C)n1. The number of nitrogens with zero attached hydrogens (tertiary/aromatic N) is 3. The molecule has 0 amide bonds. The van der Waals surface area contributed by atoms with E-state index in [1.807, 2.05) is 36.9 Å². The Balaban J connectivity index is 2.25. The molecule has 2 aromatic heterocycles. The van der Waals surface area contributed by atoms with Gasteiger partial charge in [0.2, 0.25) is 0 Å². The van der Waals surface area contributed by atoms with E-state index in [1.54, 1.807) is 17.8 Å². The van der Waals surface area contributed by atoms with Crippen LogP contribution in [0.4, 0.5) is 0 Å². The topological polar surface area (TPSA) is 30.7 Å². The van der Waals surface area contributed by atoms with Crippen molar-refractivity contribution in [2.24, 2.45) is 7.05 Å². The molecule has 2 heterocycles. The minimum atomic E-state index is 0.513. The first kappa shape index (κ1) is 10.5. The number of aryl methyl sites for hydroxylation is 2. The van der Waals surface area contributed by atoms with E-state index >= 15 is 0 Å². The van der Waals surface area contributed by atoms with Gasteiger partial charge in [0.05, 0.1) is 5.69 Å². The molecule has 0 saturated carbocycles. The predicted molar refractivity (Wildman–Crippen MR) is 61.3 cm³/mol. The van der Waals surface area contributed by atoms with Crippen LogP contribution in [0.5, 0.6) is 0 Å². The lowest BCUT2D eigenvalue weighted by Gasteiger charge is -2.00. The number of halogens is 1. The molecule has 0 bridgehead atoms. The van der Waals surface area contributed by atoms with Crippen LogP contribution in [-0.2, 0) is 7.05 Å². The number of rotatable bonds is 2. The van der Waals surface area contributed by atoms with Gasteiger partial charge in [-0.3, -0.25) is 4.68 Å². The maximum Gasteiger partial charge on any atom is 0.130 e. The molecule has 2 rings (SSSR count). The fourth-order valence-corrected chi connectivity index (χ4v) is 2.36. The maximum absolute atomic E-state index is 5.81. The highest BCUT2D eigenvalue weighted by atomic mass is 35.5. The lowest BCUT2D eigenvalue weighted by atomic mass is 10.5. The third-order valence-electron chi connectivity index (χ3n) is 1.86.